The highest BCUT2D eigenvalue weighted by Crippen LogP contribution is 2.20. The Bertz CT molecular complexity index is 834. The van der Waals surface area contributed by atoms with Crippen LogP contribution in [0.5, 0.6) is 0 Å². The number of anilines is 1. The maximum atomic E-state index is 12.8. The normalized spacial score (nSPS) is 16.3. The molecule has 2 aromatic carbocycles. The van der Waals surface area contributed by atoms with Crippen LogP contribution in [-0.2, 0) is 16.1 Å². The third kappa shape index (κ3) is 5.19. The second-order valence-electron chi connectivity index (χ2n) is 7.05. The summed E-state index contributed by atoms with van der Waals surface area (Å²) in [5.74, 6) is -0.447. The summed E-state index contributed by atoms with van der Waals surface area (Å²) in [6.07, 6.45) is 1.59. The van der Waals surface area contributed by atoms with Crippen LogP contribution in [0.2, 0.25) is 0 Å². The molecule has 3 rings (SSSR count). The maximum absolute atomic E-state index is 12.8. The molecule has 2 N–H and O–H groups in total. The van der Waals surface area contributed by atoms with Gasteiger partial charge in [-0.15, -0.1) is 0 Å². The van der Waals surface area contributed by atoms with Gasteiger partial charge >= 0.3 is 0 Å². The SMILES string of the molecule is CC(=O)Nc1ccc(C(=O)N2CCCC(C(=O)NCc3ccccc3)C2)cc1. The minimum absolute atomic E-state index is 0.0117. The van der Waals surface area contributed by atoms with Crippen LogP contribution in [0.3, 0.4) is 0 Å². The number of nitrogens with zero attached hydrogens (tertiary/aromatic N) is 1. The third-order valence-electron chi connectivity index (χ3n) is 4.84. The Morgan fingerprint density at radius 2 is 1.75 bits per heavy atom. The van der Waals surface area contributed by atoms with Crippen molar-refractivity contribution in [3.8, 4) is 0 Å². The molecule has 1 atom stereocenters. The highest BCUT2D eigenvalue weighted by Gasteiger charge is 2.28. The zero-order valence-electron chi connectivity index (χ0n) is 16.0. The van der Waals surface area contributed by atoms with Gasteiger partial charge in [0, 0.05) is 37.8 Å². The molecule has 6 heteroatoms. The summed E-state index contributed by atoms with van der Waals surface area (Å²) in [5.41, 5.74) is 2.26. The van der Waals surface area contributed by atoms with Gasteiger partial charge in [0.05, 0.1) is 5.92 Å². The van der Waals surface area contributed by atoms with Crippen LogP contribution < -0.4 is 10.6 Å². The number of piperidine rings is 1. The van der Waals surface area contributed by atoms with E-state index in [1.807, 2.05) is 30.3 Å². The van der Waals surface area contributed by atoms with E-state index in [1.54, 1.807) is 29.2 Å². The van der Waals surface area contributed by atoms with Crippen molar-refractivity contribution in [2.75, 3.05) is 18.4 Å². The molecule has 28 heavy (non-hydrogen) atoms. The van der Waals surface area contributed by atoms with Crippen molar-refractivity contribution in [3.63, 3.8) is 0 Å². The lowest BCUT2D eigenvalue weighted by Crippen LogP contribution is -2.45. The fraction of sp³-hybridized carbons (Fsp3) is 0.318. The molecule has 1 fully saturated rings. The fourth-order valence-electron chi connectivity index (χ4n) is 3.39. The van der Waals surface area contributed by atoms with Crippen molar-refractivity contribution in [1.29, 1.82) is 0 Å². The average molecular weight is 379 g/mol. The van der Waals surface area contributed by atoms with Gasteiger partial charge in [-0.25, -0.2) is 0 Å². The van der Waals surface area contributed by atoms with Crippen LogP contribution in [0.15, 0.2) is 54.6 Å². The molecule has 1 aliphatic heterocycles. The molecule has 0 spiro atoms. The van der Waals surface area contributed by atoms with E-state index in [0.717, 1.165) is 18.4 Å². The molecule has 0 radical (unpaired) electrons. The van der Waals surface area contributed by atoms with Gasteiger partial charge < -0.3 is 15.5 Å². The molecule has 1 aliphatic rings. The van der Waals surface area contributed by atoms with Crippen LogP contribution in [0, 0.1) is 5.92 Å². The topological polar surface area (TPSA) is 78.5 Å². The monoisotopic (exact) mass is 379 g/mol. The molecule has 0 aliphatic carbocycles. The Morgan fingerprint density at radius 3 is 2.43 bits per heavy atom. The Hall–Kier alpha value is -3.15. The first kappa shape index (κ1) is 19.6. The molecular formula is C22H25N3O3. The van der Waals surface area contributed by atoms with Gasteiger partial charge in [0.2, 0.25) is 11.8 Å². The lowest BCUT2D eigenvalue weighted by molar-refractivity contribution is -0.126. The lowest BCUT2D eigenvalue weighted by Gasteiger charge is -2.32. The largest absolute Gasteiger partial charge is 0.352 e. The maximum Gasteiger partial charge on any atom is 0.253 e. The molecular weight excluding hydrogens is 354 g/mol. The van der Waals surface area contributed by atoms with Crippen molar-refractivity contribution in [1.82, 2.24) is 10.2 Å². The van der Waals surface area contributed by atoms with E-state index in [-0.39, 0.29) is 23.6 Å². The first-order valence-electron chi connectivity index (χ1n) is 9.51. The molecule has 2 aromatic rings. The third-order valence-corrected chi connectivity index (χ3v) is 4.84. The van der Waals surface area contributed by atoms with Gasteiger partial charge in [-0.2, -0.15) is 0 Å². The van der Waals surface area contributed by atoms with Gasteiger partial charge in [0.15, 0.2) is 0 Å². The van der Waals surface area contributed by atoms with Gasteiger partial charge in [-0.3, -0.25) is 14.4 Å². The molecule has 6 nitrogen and oxygen atoms in total. The van der Waals surface area contributed by atoms with E-state index >= 15 is 0 Å². The summed E-state index contributed by atoms with van der Waals surface area (Å²) < 4.78 is 0. The Morgan fingerprint density at radius 1 is 1.04 bits per heavy atom. The zero-order valence-corrected chi connectivity index (χ0v) is 16.0. The summed E-state index contributed by atoms with van der Waals surface area (Å²) in [6.45, 7) is 3.01. The molecule has 146 valence electrons. The molecule has 3 amide bonds. The Labute approximate surface area is 164 Å². The van der Waals surface area contributed by atoms with Gasteiger partial charge in [0.1, 0.15) is 0 Å². The molecule has 0 bridgehead atoms. The van der Waals surface area contributed by atoms with Crippen LogP contribution in [0.1, 0.15) is 35.7 Å². The van der Waals surface area contributed by atoms with E-state index in [4.69, 9.17) is 0 Å². The second-order valence-corrected chi connectivity index (χ2v) is 7.05. The predicted octanol–water partition coefficient (Wildman–Crippen LogP) is 2.81. The number of carbonyl (C=O) groups is 3. The van der Waals surface area contributed by atoms with Crippen LogP contribution in [-0.4, -0.2) is 35.7 Å². The number of likely N-dealkylation sites (tertiary alicyclic amines) is 1. The van der Waals surface area contributed by atoms with Crippen molar-refractivity contribution in [3.05, 3.63) is 65.7 Å². The van der Waals surface area contributed by atoms with Crippen LogP contribution >= 0.6 is 0 Å². The van der Waals surface area contributed by atoms with E-state index in [0.29, 0.717) is 30.9 Å². The van der Waals surface area contributed by atoms with Gasteiger partial charge in [-0.1, -0.05) is 30.3 Å². The minimum Gasteiger partial charge on any atom is -0.352 e. The summed E-state index contributed by atoms with van der Waals surface area (Å²) in [4.78, 5) is 38.2. The van der Waals surface area contributed by atoms with Crippen LogP contribution in [0.25, 0.3) is 0 Å². The molecule has 1 saturated heterocycles. The zero-order chi connectivity index (χ0) is 19.9. The van der Waals surface area contributed by atoms with Gasteiger partial charge in [0.25, 0.3) is 5.91 Å². The van der Waals surface area contributed by atoms with Crippen LogP contribution in [0.4, 0.5) is 5.69 Å². The number of benzene rings is 2. The van der Waals surface area contributed by atoms with E-state index < -0.39 is 0 Å². The quantitative estimate of drug-likeness (QED) is 0.838. The number of amides is 3. The van der Waals surface area contributed by atoms with E-state index in [9.17, 15) is 14.4 Å². The molecule has 1 heterocycles. The summed E-state index contributed by atoms with van der Waals surface area (Å²) in [5, 5.41) is 5.66. The predicted molar refractivity (Wildman–Crippen MR) is 108 cm³/mol. The highest BCUT2D eigenvalue weighted by molar-refractivity contribution is 5.96. The van der Waals surface area contributed by atoms with Crippen molar-refractivity contribution in [2.24, 2.45) is 5.92 Å². The number of carbonyl (C=O) groups excluding carboxylic acids is 3. The smallest absolute Gasteiger partial charge is 0.253 e. The van der Waals surface area contributed by atoms with Crippen molar-refractivity contribution < 1.29 is 14.4 Å². The summed E-state index contributed by atoms with van der Waals surface area (Å²) >= 11 is 0. The van der Waals surface area contributed by atoms with Gasteiger partial charge in [-0.05, 0) is 42.7 Å². The number of rotatable bonds is 5. The standard InChI is InChI=1S/C22H25N3O3/c1-16(26)24-20-11-9-18(10-12-20)22(28)25-13-5-8-19(15-25)21(27)23-14-17-6-3-2-4-7-17/h2-4,6-7,9-12,19H,5,8,13-15H2,1H3,(H,23,27)(H,24,26). The first-order valence-corrected chi connectivity index (χ1v) is 9.51. The Kier molecular flexibility index (Phi) is 6.42. The second kappa shape index (κ2) is 9.17. The van der Waals surface area contributed by atoms with Crippen molar-refractivity contribution >= 4 is 23.4 Å². The minimum atomic E-state index is -0.194. The molecule has 1 unspecified atom stereocenters. The number of hydrogen-bond donors (Lipinski definition) is 2. The van der Waals surface area contributed by atoms with E-state index in [2.05, 4.69) is 10.6 Å². The fourth-order valence-corrected chi connectivity index (χ4v) is 3.39. The molecule has 0 saturated carbocycles. The number of hydrogen-bond acceptors (Lipinski definition) is 3. The lowest BCUT2D eigenvalue weighted by atomic mass is 9.96. The average Bonchev–Trinajstić information content (AvgIpc) is 2.72. The molecule has 0 aromatic heterocycles. The highest BCUT2D eigenvalue weighted by atomic mass is 16.2. The van der Waals surface area contributed by atoms with E-state index in [1.165, 1.54) is 6.92 Å². The summed E-state index contributed by atoms with van der Waals surface area (Å²) in [6, 6.07) is 16.6. The van der Waals surface area contributed by atoms with Crippen molar-refractivity contribution in [2.45, 2.75) is 26.3 Å². The summed E-state index contributed by atoms with van der Waals surface area (Å²) in [7, 11) is 0. The number of nitrogens with one attached hydrogen (secondary N) is 2. The first-order chi connectivity index (χ1) is 13.5. The Balaban J connectivity index is 1.56.